The molecule has 5 aliphatic carbocycles. The summed E-state index contributed by atoms with van der Waals surface area (Å²) in [6.07, 6.45) is 6.70. The van der Waals surface area contributed by atoms with E-state index < -0.39 is 29.7 Å². The van der Waals surface area contributed by atoms with Gasteiger partial charge < -0.3 is 20.4 Å². The zero-order chi connectivity index (χ0) is 25.1. The first-order valence-corrected chi connectivity index (χ1v) is 13.6. The monoisotopic (exact) mass is 474 g/mol. The van der Waals surface area contributed by atoms with Crippen LogP contribution in [0.5, 0.6) is 0 Å². The highest BCUT2D eigenvalue weighted by atomic mass is 16.4. The molecular formula is C29H46O5. The topological polar surface area (TPSA) is 98.0 Å². The summed E-state index contributed by atoms with van der Waals surface area (Å²) in [5.41, 5.74) is -0.246. The molecule has 0 bridgehead atoms. The highest BCUT2D eigenvalue weighted by molar-refractivity contribution is 5.77. The maximum Gasteiger partial charge on any atom is 0.310 e. The van der Waals surface area contributed by atoms with Crippen LogP contribution >= 0.6 is 0 Å². The molecule has 4 saturated carbocycles. The Labute approximate surface area is 205 Å². The van der Waals surface area contributed by atoms with Gasteiger partial charge in [0, 0.05) is 5.92 Å². The molecule has 5 heteroatoms. The molecule has 0 aromatic heterocycles. The van der Waals surface area contributed by atoms with Gasteiger partial charge in [0.2, 0.25) is 0 Å². The minimum Gasteiger partial charge on any atom is -0.481 e. The number of hydrogen-bond acceptors (Lipinski definition) is 4. The first-order chi connectivity index (χ1) is 15.7. The van der Waals surface area contributed by atoms with E-state index in [4.69, 9.17) is 0 Å². The normalized spacial score (nSPS) is 56.3. The van der Waals surface area contributed by atoms with Gasteiger partial charge in [-0.3, -0.25) is 4.79 Å². The smallest absolute Gasteiger partial charge is 0.310 e. The number of hydrogen-bond donors (Lipinski definition) is 4. The highest BCUT2D eigenvalue weighted by Gasteiger charge is 2.70. The lowest BCUT2D eigenvalue weighted by Crippen LogP contribution is -2.66. The molecule has 0 radical (unpaired) electrons. The second-order valence-corrected chi connectivity index (χ2v) is 14.3. The molecule has 0 aromatic carbocycles. The third kappa shape index (κ3) is 2.81. The van der Waals surface area contributed by atoms with Crippen LogP contribution < -0.4 is 0 Å². The largest absolute Gasteiger partial charge is 0.481 e. The maximum absolute atomic E-state index is 12.8. The van der Waals surface area contributed by atoms with E-state index >= 15 is 0 Å². The number of aliphatic carboxylic acids is 1. The zero-order valence-electron chi connectivity index (χ0n) is 22.0. The van der Waals surface area contributed by atoms with E-state index in [1.807, 2.05) is 0 Å². The Hall–Kier alpha value is -0.910. The predicted octanol–water partition coefficient (Wildman–Crippen LogP) is 4.79. The number of carboxylic acid groups (broad SMARTS) is 1. The molecular weight excluding hydrogens is 428 g/mol. The van der Waals surface area contributed by atoms with Gasteiger partial charge in [0.25, 0.3) is 0 Å². The van der Waals surface area contributed by atoms with Gasteiger partial charge in [0.05, 0.1) is 23.7 Å². The van der Waals surface area contributed by atoms with Crippen molar-refractivity contribution in [1.29, 1.82) is 0 Å². The second kappa shape index (κ2) is 7.32. The molecule has 11 atom stereocenters. The molecule has 0 spiro atoms. The Morgan fingerprint density at radius 2 is 1.62 bits per heavy atom. The molecule has 11 unspecified atom stereocenters. The van der Waals surface area contributed by atoms with Crippen molar-refractivity contribution in [3.05, 3.63) is 11.6 Å². The summed E-state index contributed by atoms with van der Waals surface area (Å²) in [5, 5.41) is 43.6. The molecule has 0 aromatic rings. The number of carbonyl (C=O) groups is 1. The average Bonchev–Trinajstić information content (AvgIpc) is 2.75. The fourth-order valence-electron chi connectivity index (χ4n) is 10.3. The molecule has 0 saturated heterocycles. The Morgan fingerprint density at radius 1 is 0.971 bits per heavy atom. The van der Waals surface area contributed by atoms with Gasteiger partial charge >= 0.3 is 5.97 Å². The van der Waals surface area contributed by atoms with Crippen molar-refractivity contribution in [2.75, 3.05) is 0 Å². The third-order valence-electron chi connectivity index (χ3n) is 12.8. The van der Waals surface area contributed by atoms with E-state index in [0.717, 1.165) is 32.1 Å². The highest BCUT2D eigenvalue weighted by Crippen LogP contribution is 2.74. The summed E-state index contributed by atoms with van der Waals surface area (Å²) in [6.45, 7) is 13.4. The summed E-state index contributed by atoms with van der Waals surface area (Å²) in [4.78, 5) is 12.8. The van der Waals surface area contributed by atoms with E-state index in [1.165, 1.54) is 5.57 Å². The molecule has 192 valence electrons. The standard InChI is InChI=1S/C29H46O5/c1-16-17-9-10-28(6)20(26(17,4)15-19(30)22(16)31)8-7-18-21-23(32)25(2,3)11-13-29(21,24(33)34)14-12-27(18,28)5/h7,16-17,19-23,30-32H,8-15H2,1-6H3,(H,33,34). The molecule has 4 fully saturated rings. The van der Waals surface area contributed by atoms with E-state index in [0.29, 0.717) is 31.1 Å². The van der Waals surface area contributed by atoms with Crippen molar-refractivity contribution in [3.63, 3.8) is 0 Å². The van der Waals surface area contributed by atoms with Crippen LogP contribution in [0.2, 0.25) is 0 Å². The Morgan fingerprint density at radius 3 is 2.26 bits per heavy atom. The number of aliphatic hydroxyl groups excluding tert-OH is 3. The van der Waals surface area contributed by atoms with Crippen LogP contribution in [0, 0.1) is 50.7 Å². The summed E-state index contributed by atoms with van der Waals surface area (Å²) < 4.78 is 0. The Kier molecular flexibility index (Phi) is 5.33. The minimum atomic E-state index is -0.871. The lowest BCUT2D eigenvalue weighted by molar-refractivity contribution is -0.213. The predicted molar refractivity (Wildman–Crippen MR) is 131 cm³/mol. The first kappa shape index (κ1) is 24.8. The lowest BCUT2D eigenvalue weighted by atomic mass is 9.34. The molecule has 5 aliphatic rings. The molecule has 0 aliphatic heterocycles. The van der Waals surface area contributed by atoms with Gasteiger partial charge in [-0.25, -0.2) is 0 Å². The SMILES string of the molecule is CC1C(O)C(O)CC2(C)C1CCC1(C)C2CC=C2C3C(O)C(C)(C)CCC3(C(=O)O)CCC21C. The second-order valence-electron chi connectivity index (χ2n) is 14.3. The van der Waals surface area contributed by atoms with Gasteiger partial charge in [0.1, 0.15) is 0 Å². The van der Waals surface area contributed by atoms with Crippen molar-refractivity contribution < 1.29 is 25.2 Å². The van der Waals surface area contributed by atoms with Gasteiger partial charge in [0.15, 0.2) is 0 Å². The van der Waals surface area contributed by atoms with Crippen LogP contribution in [-0.4, -0.2) is 44.7 Å². The molecule has 5 nitrogen and oxygen atoms in total. The minimum absolute atomic E-state index is 0.0317. The maximum atomic E-state index is 12.8. The number of aliphatic hydroxyl groups is 3. The molecule has 4 N–H and O–H groups in total. The van der Waals surface area contributed by atoms with Crippen LogP contribution in [0.15, 0.2) is 11.6 Å². The van der Waals surface area contributed by atoms with Crippen LogP contribution in [0.4, 0.5) is 0 Å². The van der Waals surface area contributed by atoms with E-state index in [2.05, 4.69) is 47.6 Å². The van der Waals surface area contributed by atoms with E-state index in [-0.39, 0.29) is 33.5 Å². The summed E-state index contributed by atoms with van der Waals surface area (Å²) in [7, 11) is 0. The fraction of sp³-hybridized carbons (Fsp3) is 0.897. The summed E-state index contributed by atoms with van der Waals surface area (Å²) in [6, 6.07) is 0. The van der Waals surface area contributed by atoms with Crippen molar-refractivity contribution in [2.24, 2.45) is 50.7 Å². The van der Waals surface area contributed by atoms with Crippen LogP contribution in [-0.2, 0) is 4.79 Å². The quantitative estimate of drug-likeness (QED) is 0.410. The molecule has 0 amide bonds. The average molecular weight is 475 g/mol. The van der Waals surface area contributed by atoms with Gasteiger partial charge in [-0.1, -0.05) is 53.2 Å². The summed E-state index contributed by atoms with van der Waals surface area (Å²) in [5.74, 6) is -0.264. The molecule has 34 heavy (non-hydrogen) atoms. The lowest BCUT2D eigenvalue weighted by Gasteiger charge is -2.70. The molecule has 0 heterocycles. The van der Waals surface area contributed by atoms with Crippen molar-refractivity contribution >= 4 is 5.97 Å². The fourth-order valence-corrected chi connectivity index (χ4v) is 10.3. The number of fused-ring (bicyclic) bond motifs is 7. The van der Waals surface area contributed by atoms with Crippen molar-refractivity contribution in [3.8, 4) is 0 Å². The molecule has 5 rings (SSSR count). The van der Waals surface area contributed by atoms with Gasteiger partial charge in [-0.05, 0) is 90.8 Å². The van der Waals surface area contributed by atoms with E-state index in [9.17, 15) is 25.2 Å². The van der Waals surface area contributed by atoms with Crippen LogP contribution in [0.3, 0.4) is 0 Å². The van der Waals surface area contributed by atoms with Crippen molar-refractivity contribution in [1.82, 2.24) is 0 Å². The third-order valence-corrected chi connectivity index (χ3v) is 12.8. The Balaban J connectivity index is 1.62. The first-order valence-electron chi connectivity index (χ1n) is 13.6. The van der Waals surface area contributed by atoms with Gasteiger partial charge in [-0.15, -0.1) is 0 Å². The van der Waals surface area contributed by atoms with Gasteiger partial charge in [-0.2, -0.15) is 0 Å². The number of rotatable bonds is 1. The Bertz CT molecular complexity index is 910. The zero-order valence-corrected chi connectivity index (χ0v) is 22.0. The van der Waals surface area contributed by atoms with Crippen molar-refractivity contribution in [2.45, 2.75) is 111 Å². The number of carboxylic acids is 1. The van der Waals surface area contributed by atoms with Crippen LogP contribution in [0.1, 0.15) is 92.9 Å². The van der Waals surface area contributed by atoms with E-state index in [1.54, 1.807) is 0 Å². The number of allylic oxidation sites excluding steroid dienone is 1. The van der Waals surface area contributed by atoms with Crippen LogP contribution in [0.25, 0.3) is 0 Å². The summed E-state index contributed by atoms with van der Waals surface area (Å²) >= 11 is 0.